The molecule has 0 bridgehead atoms. The molecule has 3 aromatic carbocycles. The van der Waals surface area contributed by atoms with Crippen molar-refractivity contribution in [2.45, 2.75) is 32.7 Å². The monoisotopic (exact) mass is 530 g/mol. The molecule has 1 heterocycles. The van der Waals surface area contributed by atoms with Gasteiger partial charge in [0.15, 0.2) is 0 Å². The molecule has 0 aliphatic heterocycles. The van der Waals surface area contributed by atoms with Crippen LogP contribution in [-0.2, 0) is 16.8 Å². The molecule has 4 aromatic rings. The Hall–Kier alpha value is -4.10. The molecule has 0 aliphatic carbocycles. The highest BCUT2D eigenvalue weighted by Crippen LogP contribution is 2.29. The number of methoxy groups -OCH3 is 1. The molecular formula is C30H31ClN4O3. The van der Waals surface area contributed by atoms with Crippen LogP contribution in [0.1, 0.15) is 42.4 Å². The number of aromatic nitrogens is 2. The van der Waals surface area contributed by atoms with Crippen molar-refractivity contribution in [1.29, 1.82) is 0 Å². The predicted octanol–water partition coefficient (Wildman–Crippen LogP) is 6.11. The summed E-state index contributed by atoms with van der Waals surface area (Å²) in [5.41, 5.74) is 2.46. The van der Waals surface area contributed by atoms with Gasteiger partial charge in [-0.3, -0.25) is 9.59 Å². The number of anilines is 1. The first-order valence-corrected chi connectivity index (χ1v) is 12.7. The number of carbonyl (C=O) groups is 2. The maximum atomic E-state index is 13.6. The maximum Gasteiger partial charge on any atom is 0.258 e. The van der Waals surface area contributed by atoms with E-state index in [1.54, 1.807) is 35.0 Å². The maximum absolute atomic E-state index is 13.6. The first-order chi connectivity index (χ1) is 18.2. The highest BCUT2D eigenvalue weighted by Gasteiger charge is 2.25. The summed E-state index contributed by atoms with van der Waals surface area (Å²) in [6, 6.07) is 25.7. The van der Waals surface area contributed by atoms with E-state index < -0.39 is 0 Å². The SMILES string of the molecule is COc1ccccc1C(=O)N(CC(=O)Nc1cc(C(C)(C)C)nn1-c1ccccc1Cl)Cc1ccccc1. The van der Waals surface area contributed by atoms with Crippen LogP contribution in [0.3, 0.4) is 0 Å². The van der Waals surface area contributed by atoms with Crippen LogP contribution in [0.5, 0.6) is 5.75 Å². The number of hydrogen-bond acceptors (Lipinski definition) is 4. The van der Waals surface area contributed by atoms with Gasteiger partial charge >= 0.3 is 0 Å². The number of amides is 2. The molecule has 2 amide bonds. The van der Waals surface area contributed by atoms with E-state index in [9.17, 15) is 9.59 Å². The van der Waals surface area contributed by atoms with Gasteiger partial charge in [-0.25, -0.2) is 4.68 Å². The van der Waals surface area contributed by atoms with Crippen molar-refractivity contribution in [1.82, 2.24) is 14.7 Å². The molecule has 0 aliphatic rings. The van der Waals surface area contributed by atoms with Gasteiger partial charge in [0.25, 0.3) is 5.91 Å². The zero-order valence-corrected chi connectivity index (χ0v) is 22.7. The largest absolute Gasteiger partial charge is 0.496 e. The Kier molecular flexibility index (Phi) is 8.17. The molecule has 0 spiro atoms. The highest BCUT2D eigenvalue weighted by atomic mass is 35.5. The van der Waals surface area contributed by atoms with E-state index in [0.717, 1.165) is 11.3 Å². The summed E-state index contributed by atoms with van der Waals surface area (Å²) in [5, 5.41) is 8.20. The molecule has 1 aromatic heterocycles. The van der Waals surface area contributed by atoms with Crippen molar-refractivity contribution in [3.05, 3.63) is 107 Å². The Labute approximate surface area is 228 Å². The predicted molar refractivity (Wildman–Crippen MR) is 150 cm³/mol. The van der Waals surface area contributed by atoms with E-state index in [1.165, 1.54) is 12.0 Å². The Morgan fingerprint density at radius 2 is 1.63 bits per heavy atom. The first-order valence-electron chi connectivity index (χ1n) is 12.3. The van der Waals surface area contributed by atoms with Gasteiger partial charge in [-0.15, -0.1) is 0 Å². The van der Waals surface area contributed by atoms with Crippen LogP contribution in [0.15, 0.2) is 84.9 Å². The third-order valence-electron chi connectivity index (χ3n) is 6.00. The lowest BCUT2D eigenvalue weighted by Gasteiger charge is -2.23. The molecule has 0 atom stereocenters. The van der Waals surface area contributed by atoms with Crippen LogP contribution >= 0.6 is 11.6 Å². The summed E-state index contributed by atoms with van der Waals surface area (Å²) >= 11 is 6.47. The second-order valence-electron chi connectivity index (χ2n) is 9.92. The highest BCUT2D eigenvalue weighted by molar-refractivity contribution is 6.32. The van der Waals surface area contributed by atoms with Crippen molar-refractivity contribution >= 4 is 29.2 Å². The minimum absolute atomic E-state index is 0.176. The third-order valence-corrected chi connectivity index (χ3v) is 6.32. The lowest BCUT2D eigenvalue weighted by molar-refractivity contribution is -0.117. The molecule has 38 heavy (non-hydrogen) atoms. The van der Waals surface area contributed by atoms with Crippen LogP contribution in [0, 0.1) is 0 Å². The van der Waals surface area contributed by atoms with Gasteiger partial charge in [0.1, 0.15) is 18.1 Å². The van der Waals surface area contributed by atoms with Crippen molar-refractivity contribution in [3.63, 3.8) is 0 Å². The summed E-state index contributed by atoms with van der Waals surface area (Å²) in [6.45, 7) is 6.22. The molecule has 0 saturated carbocycles. The Bertz CT molecular complexity index is 1430. The molecule has 0 fully saturated rings. The van der Waals surface area contributed by atoms with Crippen LogP contribution in [0.2, 0.25) is 5.02 Å². The molecule has 1 N–H and O–H groups in total. The molecule has 4 rings (SSSR count). The number of nitrogens with one attached hydrogen (secondary N) is 1. The zero-order valence-electron chi connectivity index (χ0n) is 21.9. The Morgan fingerprint density at radius 3 is 2.32 bits per heavy atom. The minimum Gasteiger partial charge on any atom is -0.496 e. The van der Waals surface area contributed by atoms with Crippen LogP contribution in [0.25, 0.3) is 5.69 Å². The molecule has 0 radical (unpaired) electrons. The normalized spacial score (nSPS) is 11.2. The molecule has 7 nitrogen and oxygen atoms in total. The molecule has 0 unspecified atom stereocenters. The van der Waals surface area contributed by atoms with Crippen LogP contribution in [-0.4, -0.2) is 40.1 Å². The summed E-state index contributed by atoms with van der Waals surface area (Å²) in [6.07, 6.45) is 0. The lowest BCUT2D eigenvalue weighted by atomic mass is 9.92. The second-order valence-corrected chi connectivity index (χ2v) is 10.3. The van der Waals surface area contributed by atoms with Gasteiger partial charge < -0.3 is 15.0 Å². The number of halogens is 1. The number of ether oxygens (including phenoxy) is 1. The number of para-hydroxylation sites is 2. The molecule has 8 heteroatoms. The third kappa shape index (κ3) is 6.23. The molecule has 196 valence electrons. The topological polar surface area (TPSA) is 76.5 Å². The standard InChI is InChI=1S/C30H31ClN4O3/c1-30(2,3)26-18-27(35(33-26)24-16-10-9-15-23(24)31)32-28(36)20-34(19-21-12-6-5-7-13-21)29(37)22-14-8-11-17-25(22)38-4/h5-18H,19-20H2,1-4H3,(H,32,36). The summed E-state index contributed by atoms with van der Waals surface area (Å²) in [4.78, 5) is 28.5. The zero-order chi connectivity index (χ0) is 27.3. The number of rotatable bonds is 8. The average Bonchev–Trinajstić information content (AvgIpc) is 3.32. The number of nitrogens with zero attached hydrogens (tertiary/aromatic N) is 3. The van der Waals surface area contributed by atoms with Gasteiger partial charge in [0.05, 0.1) is 29.1 Å². The fraction of sp³-hybridized carbons (Fsp3) is 0.233. The second kappa shape index (κ2) is 11.5. The first kappa shape index (κ1) is 26.9. The smallest absolute Gasteiger partial charge is 0.258 e. The number of carbonyl (C=O) groups excluding carboxylic acids is 2. The van der Waals surface area contributed by atoms with Crippen molar-refractivity contribution in [3.8, 4) is 11.4 Å². The van der Waals surface area contributed by atoms with Crippen molar-refractivity contribution < 1.29 is 14.3 Å². The van der Waals surface area contributed by atoms with E-state index in [-0.39, 0.29) is 30.3 Å². The fourth-order valence-electron chi connectivity index (χ4n) is 3.99. The van der Waals surface area contributed by atoms with E-state index in [2.05, 4.69) is 5.32 Å². The Morgan fingerprint density at radius 1 is 0.974 bits per heavy atom. The van der Waals surface area contributed by atoms with E-state index in [0.29, 0.717) is 27.8 Å². The molecular weight excluding hydrogens is 500 g/mol. The van der Waals surface area contributed by atoms with Gasteiger partial charge in [0.2, 0.25) is 5.91 Å². The summed E-state index contributed by atoms with van der Waals surface area (Å²) < 4.78 is 7.04. The van der Waals surface area contributed by atoms with Crippen LogP contribution in [0.4, 0.5) is 5.82 Å². The molecule has 0 saturated heterocycles. The van der Waals surface area contributed by atoms with Gasteiger partial charge in [0, 0.05) is 18.0 Å². The minimum atomic E-state index is -0.363. The van der Waals surface area contributed by atoms with Gasteiger partial charge in [-0.05, 0) is 29.8 Å². The van der Waals surface area contributed by atoms with E-state index >= 15 is 0 Å². The van der Waals surface area contributed by atoms with E-state index in [1.807, 2.05) is 75.4 Å². The quantitative estimate of drug-likeness (QED) is 0.298. The lowest BCUT2D eigenvalue weighted by Crippen LogP contribution is -2.38. The number of hydrogen-bond donors (Lipinski definition) is 1. The summed E-state index contributed by atoms with van der Waals surface area (Å²) in [5.74, 6) is 0.245. The average molecular weight is 531 g/mol. The number of benzene rings is 3. The van der Waals surface area contributed by atoms with Gasteiger partial charge in [-0.1, -0.05) is 87.0 Å². The van der Waals surface area contributed by atoms with Gasteiger partial charge in [-0.2, -0.15) is 5.10 Å². The van der Waals surface area contributed by atoms with E-state index in [4.69, 9.17) is 21.4 Å². The van der Waals surface area contributed by atoms with Crippen molar-refractivity contribution in [2.24, 2.45) is 0 Å². The fourth-order valence-corrected chi connectivity index (χ4v) is 4.21. The summed E-state index contributed by atoms with van der Waals surface area (Å²) in [7, 11) is 1.52. The Balaban J connectivity index is 1.65. The van der Waals surface area contributed by atoms with Crippen LogP contribution < -0.4 is 10.1 Å². The van der Waals surface area contributed by atoms with Crippen molar-refractivity contribution in [2.75, 3.05) is 19.0 Å².